The van der Waals surface area contributed by atoms with Crippen LogP contribution in [0.2, 0.25) is 0 Å². The van der Waals surface area contributed by atoms with Crippen molar-refractivity contribution in [3.8, 4) is 11.3 Å². The van der Waals surface area contributed by atoms with Crippen molar-refractivity contribution in [2.45, 2.75) is 4.90 Å². The first kappa shape index (κ1) is 10.6. The fourth-order valence-electron chi connectivity index (χ4n) is 1.25. The third kappa shape index (κ3) is 2.58. The SMILES string of the molecule is CSc1ccc(-c2cc(Br)ncn2)cc1. The molecule has 0 bridgehead atoms. The summed E-state index contributed by atoms with van der Waals surface area (Å²) in [6.45, 7) is 0. The van der Waals surface area contributed by atoms with E-state index in [1.807, 2.05) is 6.07 Å². The molecule has 0 unspecified atom stereocenters. The highest BCUT2D eigenvalue weighted by molar-refractivity contribution is 9.10. The number of nitrogens with zero attached hydrogens (tertiary/aromatic N) is 2. The second-order valence-electron chi connectivity index (χ2n) is 2.95. The van der Waals surface area contributed by atoms with Gasteiger partial charge < -0.3 is 0 Å². The Bertz CT molecular complexity index is 456. The average Bonchev–Trinajstić information content (AvgIpc) is 2.29. The average molecular weight is 281 g/mol. The second-order valence-corrected chi connectivity index (χ2v) is 4.65. The van der Waals surface area contributed by atoms with Crippen molar-refractivity contribution in [3.63, 3.8) is 0 Å². The smallest absolute Gasteiger partial charge is 0.117 e. The fourth-order valence-corrected chi connectivity index (χ4v) is 1.97. The Morgan fingerprint density at radius 1 is 1.13 bits per heavy atom. The highest BCUT2D eigenvalue weighted by Gasteiger charge is 2.00. The minimum atomic E-state index is 0.807. The molecule has 0 saturated carbocycles. The van der Waals surface area contributed by atoms with Crippen LogP contribution in [0.1, 0.15) is 0 Å². The highest BCUT2D eigenvalue weighted by Crippen LogP contribution is 2.22. The summed E-state index contributed by atoms with van der Waals surface area (Å²) in [6.07, 6.45) is 3.62. The molecule has 1 aromatic carbocycles. The first-order valence-electron chi connectivity index (χ1n) is 4.41. The lowest BCUT2D eigenvalue weighted by molar-refractivity contribution is 1.14. The second kappa shape index (κ2) is 4.77. The van der Waals surface area contributed by atoms with Crippen molar-refractivity contribution in [3.05, 3.63) is 41.3 Å². The monoisotopic (exact) mass is 280 g/mol. The van der Waals surface area contributed by atoms with Crippen LogP contribution in [0.4, 0.5) is 0 Å². The summed E-state index contributed by atoms with van der Waals surface area (Å²) < 4.78 is 0.807. The Morgan fingerprint density at radius 2 is 1.87 bits per heavy atom. The van der Waals surface area contributed by atoms with E-state index in [-0.39, 0.29) is 0 Å². The Balaban J connectivity index is 2.37. The maximum Gasteiger partial charge on any atom is 0.117 e. The molecule has 15 heavy (non-hydrogen) atoms. The van der Waals surface area contributed by atoms with Crippen molar-refractivity contribution in [1.82, 2.24) is 9.97 Å². The molecule has 0 spiro atoms. The maximum absolute atomic E-state index is 4.22. The number of thioether (sulfide) groups is 1. The van der Waals surface area contributed by atoms with Crippen LogP contribution >= 0.6 is 27.7 Å². The maximum atomic E-state index is 4.22. The van der Waals surface area contributed by atoms with Crippen LogP contribution in [-0.4, -0.2) is 16.2 Å². The first-order valence-corrected chi connectivity index (χ1v) is 6.43. The van der Waals surface area contributed by atoms with Crippen LogP contribution < -0.4 is 0 Å². The van der Waals surface area contributed by atoms with Gasteiger partial charge in [0.1, 0.15) is 10.9 Å². The van der Waals surface area contributed by atoms with Gasteiger partial charge in [-0.15, -0.1) is 11.8 Å². The predicted octanol–water partition coefficient (Wildman–Crippen LogP) is 3.63. The Labute approximate surface area is 101 Å². The van der Waals surface area contributed by atoms with Crippen LogP contribution in [0.5, 0.6) is 0 Å². The lowest BCUT2D eigenvalue weighted by atomic mass is 10.1. The van der Waals surface area contributed by atoms with Crippen LogP contribution in [0.3, 0.4) is 0 Å². The van der Waals surface area contributed by atoms with E-state index in [1.165, 1.54) is 4.90 Å². The molecule has 0 aliphatic rings. The number of benzene rings is 1. The third-order valence-electron chi connectivity index (χ3n) is 2.02. The summed E-state index contributed by atoms with van der Waals surface area (Å²) in [5.74, 6) is 0. The van der Waals surface area contributed by atoms with Gasteiger partial charge in [0.2, 0.25) is 0 Å². The van der Waals surface area contributed by atoms with E-state index >= 15 is 0 Å². The van der Waals surface area contributed by atoms with Gasteiger partial charge >= 0.3 is 0 Å². The molecule has 0 atom stereocenters. The van der Waals surface area contributed by atoms with Gasteiger partial charge in [-0.2, -0.15) is 0 Å². The molecule has 0 saturated heterocycles. The standard InChI is InChI=1S/C11H9BrN2S/c1-15-9-4-2-8(3-5-9)10-6-11(12)14-7-13-10/h2-7H,1H3. The van der Waals surface area contributed by atoms with Crippen molar-refractivity contribution >= 4 is 27.7 Å². The molecule has 0 aliphatic carbocycles. The van der Waals surface area contributed by atoms with E-state index in [4.69, 9.17) is 0 Å². The number of halogens is 1. The largest absolute Gasteiger partial charge is 0.236 e. The number of rotatable bonds is 2. The van der Waals surface area contributed by atoms with Gasteiger partial charge in [0, 0.05) is 10.5 Å². The molecule has 4 heteroatoms. The third-order valence-corrected chi connectivity index (χ3v) is 3.20. The molecular weight excluding hydrogens is 272 g/mol. The Kier molecular flexibility index (Phi) is 3.38. The zero-order valence-electron chi connectivity index (χ0n) is 8.14. The fraction of sp³-hybridized carbons (Fsp3) is 0.0909. The minimum absolute atomic E-state index is 0.807. The zero-order valence-corrected chi connectivity index (χ0v) is 10.5. The van der Waals surface area contributed by atoms with E-state index in [1.54, 1.807) is 18.1 Å². The molecule has 0 amide bonds. The number of hydrogen-bond acceptors (Lipinski definition) is 3. The summed E-state index contributed by atoms with van der Waals surface area (Å²) in [6, 6.07) is 10.2. The van der Waals surface area contributed by atoms with Gasteiger partial charge in [0.05, 0.1) is 5.69 Å². The zero-order chi connectivity index (χ0) is 10.7. The van der Waals surface area contributed by atoms with Crippen molar-refractivity contribution in [1.29, 1.82) is 0 Å². The van der Waals surface area contributed by atoms with Crippen molar-refractivity contribution in [2.75, 3.05) is 6.26 Å². The molecule has 1 aromatic heterocycles. The normalized spacial score (nSPS) is 10.3. The molecule has 1 heterocycles. The molecule has 2 rings (SSSR count). The number of hydrogen-bond donors (Lipinski definition) is 0. The Morgan fingerprint density at radius 3 is 2.47 bits per heavy atom. The topological polar surface area (TPSA) is 25.8 Å². The first-order chi connectivity index (χ1) is 7.29. The molecule has 0 aliphatic heterocycles. The van der Waals surface area contributed by atoms with Crippen LogP contribution in [0.15, 0.2) is 46.2 Å². The summed E-state index contributed by atoms with van der Waals surface area (Å²) in [5, 5.41) is 0. The van der Waals surface area contributed by atoms with Crippen molar-refractivity contribution in [2.24, 2.45) is 0 Å². The van der Waals surface area contributed by atoms with Crippen LogP contribution in [0, 0.1) is 0 Å². The van der Waals surface area contributed by atoms with E-state index in [0.29, 0.717) is 0 Å². The molecule has 2 aromatic rings. The molecule has 76 valence electrons. The van der Waals surface area contributed by atoms with E-state index in [2.05, 4.69) is 56.4 Å². The minimum Gasteiger partial charge on any atom is -0.236 e. The summed E-state index contributed by atoms with van der Waals surface area (Å²) in [4.78, 5) is 9.47. The molecule has 2 nitrogen and oxygen atoms in total. The van der Waals surface area contributed by atoms with Crippen LogP contribution in [-0.2, 0) is 0 Å². The van der Waals surface area contributed by atoms with Gasteiger partial charge in [0.25, 0.3) is 0 Å². The highest BCUT2D eigenvalue weighted by atomic mass is 79.9. The van der Waals surface area contributed by atoms with E-state index < -0.39 is 0 Å². The summed E-state index contributed by atoms with van der Waals surface area (Å²) in [5.41, 5.74) is 2.04. The van der Waals surface area contributed by atoms with E-state index in [9.17, 15) is 0 Å². The molecule has 0 radical (unpaired) electrons. The van der Waals surface area contributed by atoms with Crippen LogP contribution in [0.25, 0.3) is 11.3 Å². The molecule has 0 N–H and O–H groups in total. The van der Waals surface area contributed by atoms with Gasteiger partial charge in [-0.25, -0.2) is 9.97 Å². The lowest BCUT2D eigenvalue weighted by Gasteiger charge is -2.01. The number of aromatic nitrogens is 2. The Hall–Kier alpha value is -0.870. The van der Waals surface area contributed by atoms with Gasteiger partial charge in [-0.05, 0) is 40.4 Å². The quantitative estimate of drug-likeness (QED) is 0.621. The molecular formula is C11H9BrN2S. The van der Waals surface area contributed by atoms with Gasteiger partial charge in [-0.1, -0.05) is 12.1 Å². The lowest BCUT2D eigenvalue weighted by Crippen LogP contribution is -1.85. The summed E-state index contributed by atoms with van der Waals surface area (Å²) >= 11 is 5.07. The molecule has 0 fully saturated rings. The van der Waals surface area contributed by atoms with Crippen molar-refractivity contribution < 1.29 is 0 Å². The van der Waals surface area contributed by atoms with Gasteiger partial charge in [-0.3, -0.25) is 0 Å². The predicted molar refractivity (Wildman–Crippen MR) is 66.9 cm³/mol. The van der Waals surface area contributed by atoms with Gasteiger partial charge in [0.15, 0.2) is 0 Å². The van der Waals surface area contributed by atoms with E-state index in [0.717, 1.165) is 15.9 Å². The summed E-state index contributed by atoms with van der Waals surface area (Å²) in [7, 11) is 0.